The first kappa shape index (κ1) is 21.3. The summed E-state index contributed by atoms with van der Waals surface area (Å²) in [4.78, 5) is 34.3. The summed E-state index contributed by atoms with van der Waals surface area (Å²) in [6.07, 6.45) is 2.86. The first-order chi connectivity index (χ1) is 14.9. The van der Waals surface area contributed by atoms with Crippen molar-refractivity contribution in [3.05, 3.63) is 58.3 Å². The van der Waals surface area contributed by atoms with E-state index in [0.717, 1.165) is 54.1 Å². The second-order valence-corrected chi connectivity index (χ2v) is 8.90. The van der Waals surface area contributed by atoms with Gasteiger partial charge in [-0.05, 0) is 55.0 Å². The van der Waals surface area contributed by atoms with E-state index in [0.29, 0.717) is 19.0 Å². The summed E-state index contributed by atoms with van der Waals surface area (Å²) in [6, 6.07) is 8.05. The fourth-order valence-corrected chi connectivity index (χ4v) is 4.93. The number of aryl methyl sites for hydroxylation is 3. The van der Waals surface area contributed by atoms with Gasteiger partial charge in [0.15, 0.2) is 0 Å². The topological polar surface area (TPSA) is 65.5 Å². The number of carbonyl (C=O) groups is 2. The lowest BCUT2D eigenvalue weighted by molar-refractivity contribution is -0.120. The molecule has 2 aromatic rings. The van der Waals surface area contributed by atoms with Crippen LogP contribution in [0.25, 0.3) is 0 Å². The molecule has 2 atom stereocenters. The predicted molar refractivity (Wildman–Crippen MR) is 123 cm³/mol. The van der Waals surface area contributed by atoms with E-state index in [-0.39, 0.29) is 17.7 Å². The van der Waals surface area contributed by atoms with Crippen LogP contribution in [0.3, 0.4) is 0 Å². The zero-order chi connectivity index (χ0) is 22.1. The van der Waals surface area contributed by atoms with E-state index in [1.54, 1.807) is 0 Å². The van der Waals surface area contributed by atoms with Crippen LogP contribution in [0, 0.1) is 26.7 Å². The molecule has 4 rings (SSSR count). The number of benzene rings is 1. The molecule has 1 unspecified atom stereocenters. The Morgan fingerprint density at radius 1 is 1.10 bits per heavy atom. The largest absolute Gasteiger partial charge is 0.355 e. The number of hydrogen-bond donors (Lipinski definition) is 1. The summed E-state index contributed by atoms with van der Waals surface area (Å²) >= 11 is 0. The van der Waals surface area contributed by atoms with Crippen LogP contribution in [0.15, 0.2) is 30.5 Å². The molecule has 6 nitrogen and oxygen atoms in total. The van der Waals surface area contributed by atoms with Gasteiger partial charge in [-0.1, -0.05) is 31.5 Å². The van der Waals surface area contributed by atoms with Gasteiger partial charge in [0, 0.05) is 44.5 Å². The zero-order valence-electron chi connectivity index (χ0n) is 18.9. The normalized spacial score (nSPS) is 21.4. The van der Waals surface area contributed by atoms with Crippen LogP contribution in [0.2, 0.25) is 0 Å². The molecule has 2 fully saturated rings. The summed E-state index contributed by atoms with van der Waals surface area (Å²) in [6.45, 7) is 11.9. The molecule has 31 heavy (non-hydrogen) atoms. The van der Waals surface area contributed by atoms with Crippen LogP contribution in [-0.4, -0.2) is 54.4 Å². The van der Waals surface area contributed by atoms with E-state index in [2.05, 4.69) is 42.0 Å². The Morgan fingerprint density at radius 2 is 1.84 bits per heavy atom. The lowest BCUT2D eigenvalue weighted by atomic mass is 9.85. The van der Waals surface area contributed by atoms with E-state index in [9.17, 15) is 9.59 Å². The third kappa shape index (κ3) is 4.16. The molecule has 2 aliphatic rings. The highest BCUT2D eigenvalue weighted by molar-refractivity contribution is 5.96. The summed E-state index contributed by atoms with van der Waals surface area (Å²) < 4.78 is 0. The van der Waals surface area contributed by atoms with Gasteiger partial charge >= 0.3 is 0 Å². The van der Waals surface area contributed by atoms with Crippen LogP contribution >= 0.6 is 0 Å². The van der Waals surface area contributed by atoms with Gasteiger partial charge in [0.1, 0.15) is 5.82 Å². The first-order valence-electron chi connectivity index (χ1n) is 11.2. The Labute approximate surface area is 184 Å². The monoisotopic (exact) mass is 420 g/mol. The molecule has 6 heteroatoms. The molecular weight excluding hydrogens is 388 g/mol. The quantitative estimate of drug-likeness (QED) is 0.825. The number of carbonyl (C=O) groups excluding carboxylic acids is 2. The highest BCUT2D eigenvalue weighted by Gasteiger charge is 2.35. The minimum atomic E-state index is -0.110. The lowest BCUT2D eigenvalue weighted by Gasteiger charge is -2.36. The number of rotatable bonds is 4. The van der Waals surface area contributed by atoms with Gasteiger partial charge in [0.25, 0.3) is 5.91 Å². The molecule has 0 bridgehead atoms. The maximum absolute atomic E-state index is 13.2. The Balaban J connectivity index is 1.45. The highest BCUT2D eigenvalue weighted by Crippen LogP contribution is 2.32. The molecular formula is C25H32N4O2. The van der Waals surface area contributed by atoms with Crippen molar-refractivity contribution in [3.8, 4) is 0 Å². The summed E-state index contributed by atoms with van der Waals surface area (Å²) in [7, 11) is 0. The summed E-state index contributed by atoms with van der Waals surface area (Å²) in [5, 5.41) is 2.98. The van der Waals surface area contributed by atoms with Crippen molar-refractivity contribution >= 4 is 17.6 Å². The van der Waals surface area contributed by atoms with E-state index in [1.807, 2.05) is 36.2 Å². The van der Waals surface area contributed by atoms with Crippen LogP contribution in [0.1, 0.15) is 51.9 Å². The number of nitrogens with zero attached hydrogens (tertiary/aromatic N) is 3. The van der Waals surface area contributed by atoms with Gasteiger partial charge < -0.3 is 15.1 Å². The molecule has 0 saturated carbocycles. The molecule has 1 aromatic carbocycles. The Morgan fingerprint density at radius 3 is 2.48 bits per heavy atom. The number of anilines is 1. The number of amides is 2. The number of hydrogen-bond acceptors (Lipinski definition) is 4. The fourth-order valence-electron chi connectivity index (χ4n) is 4.93. The molecule has 0 aliphatic carbocycles. The smallest absolute Gasteiger partial charge is 0.254 e. The van der Waals surface area contributed by atoms with Crippen molar-refractivity contribution in [1.82, 2.24) is 15.2 Å². The standard InChI is InChI=1S/C25H32N4O2/c1-5-19-15-27-24(30)22(19)20-6-7-21(17(3)13-20)25(31)29-10-8-28(9-11-29)23-18(4)12-16(2)14-26-23/h6-7,12-14,19,22H,5,8-11,15H2,1-4H3,(H,27,30)/t19?,22-/m1/s1. The van der Waals surface area contributed by atoms with Gasteiger partial charge in [-0.15, -0.1) is 0 Å². The SMILES string of the molecule is CCC1CNC(=O)[C@H]1c1ccc(C(=O)N2CCN(c3ncc(C)cc3C)CC2)c(C)c1. The molecule has 1 N–H and O–H groups in total. The van der Waals surface area contributed by atoms with Gasteiger partial charge in [0.05, 0.1) is 5.92 Å². The van der Waals surface area contributed by atoms with Crippen molar-refractivity contribution in [1.29, 1.82) is 0 Å². The van der Waals surface area contributed by atoms with Gasteiger partial charge in [-0.2, -0.15) is 0 Å². The van der Waals surface area contributed by atoms with Crippen molar-refractivity contribution in [2.24, 2.45) is 5.92 Å². The van der Waals surface area contributed by atoms with Gasteiger partial charge in [-0.3, -0.25) is 9.59 Å². The zero-order valence-corrected chi connectivity index (χ0v) is 18.9. The van der Waals surface area contributed by atoms with Gasteiger partial charge in [-0.25, -0.2) is 4.98 Å². The maximum atomic E-state index is 13.2. The second-order valence-electron chi connectivity index (χ2n) is 8.90. The maximum Gasteiger partial charge on any atom is 0.254 e. The van der Waals surface area contributed by atoms with Gasteiger partial charge in [0.2, 0.25) is 5.91 Å². The minimum absolute atomic E-state index is 0.0696. The van der Waals surface area contributed by atoms with Crippen molar-refractivity contribution in [2.45, 2.75) is 40.0 Å². The van der Waals surface area contributed by atoms with Crippen LogP contribution in [0.5, 0.6) is 0 Å². The molecule has 164 valence electrons. The number of aromatic nitrogens is 1. The molecule has 2 saturated heterocycles. The number of piperazine rings is 1. The second kappa shape index (κ2) is 8.69. The molecule has 0 spiro atoms. The third-order valence-corrected chi connectivity index (χ3v) is 6.71. The average Bonchev–Trinajstić information content (AvgIpc) is 3.14. The van der Waals surface area contributed by atoms with E-state index >= 15 is 0 Å². The first-order valence-corrected chi connectivity index (χ1v) is 11.2. The average molecular weight is 421 g/mol. The van der Waals surface area contributed by atoms with Crippen LogP contribution < -0.4 is 10.2 Å². The Bertz CT molecular complexity index is 995. The predicted octanol–water partition coefficient (Wildman–Crippen LogP) is 3.21. The number of nitrogens with one attached hydrogen (secondary N) is 1. The fraction of sp³-hybridized carbons (Fsp3) is 0.480. The minimum Gasteiger partial charge on any atom is -0.355 e. The molecule has 3 heterocycles. The molecule has 0 radical (unpaired) electrons. The third-order valence-electron chi connectivity index (χ3n) is 6.71. The van der Waals surface area contributed by atoms with Crippen molar-refractivity contribution in [3.63, 3.8) is 0 Å². The Hall–Kier alpha value is -2.89. The van der Waals surface area contributed by atoms with E-state index < -0.39 is 0 Å². The van der Waals surface area contributed by atoms with E-state index in [1.165, 1.54) is 5.56 Å². The molecule has 2 aliphatic heterocycles. The Kier molecular flexibility index (Phi) is 5.99. The van der Waals surface area contributed by atoms with Crippen LogP contribution in [0.4, 0.5) is 5.82 Å². The van der Waals surface area contributed by atoms with Crippen molar-refractivity contribution < 1.29 is 9.59 Å². The van der Waals surface area contributed by atoms with Crippen molar-refractivity contribution in [2.75, 3.05) is 37.6 Å². The van der Waals surface area contributed by atoms with Crippen LogP contribution in [-0.2, 0) is 4.79 Å². The van der Waals surface area contributed by atoms with E-state index in [4.69, 9.17) is 0 Å². The molecule has 1 aromatic heterocycles. The number of pyridine rings is 1. The summed E-state index contributed by atoms with van der Waals surface area (Å²) in [5.74, 6) is 1.39. The summed E-state index contributed by atoms with van der Waals surface area (Å²) in [5.41, 5.74) is 5.02. The highest BCUT2D eigenvalue weighted by atomic mass is 16.2. The molecule has 2 amide bonds. The lowest BCUT2D eigenvalue weighted by Crippen LogP contribution is -2.49.